The molecule has 142 valence electrons. The standard InChI is InChI=1S/C20H22ClN3O3/c1-13-3-4-17(18(9-13)27-2)23-20(26)24-7-5-15(6-8-24)19-16(21)10-14(12-25)11-22-19/h3-5,9-11,25H,6-8,12H2,1-2H3,(H,23,26). The number of nitrogens with zero attached hydrogens (tertiary/aromatic N) is 2. The van der Waals surface area contributed by atoms with Crippen LogP contribution in [-0.2, 0) is 6.61 Å². The lowest BCUT2D eigenvalue weighted by atomic mass is 10.0. The van der Waals surface area contributed by atoms with Gasteiger partial charge in [-0.15, -0.1) is 0 Å². The molecule has 2 amide bonds. The number of anilines is 1. The van der Waals surface area contributed by atoms with E-state index in [2.05, 4.69) is 10.3 Å². The highest BCUT2D eigenvalue weighted by Gasteiger charge is 2.20. The number of amides is 2. The highest BCUT2D eigenvalue weighted by atomic mass is 35.5. The summed E-state index contributed by atoms with van der Waals surface area (Å²) in [4.78, 5) is 18.6. The first-order valence-corrected chi connectivity index (χ1v) is 9.05. The molecule has 1 aromatic carbocycles. The third-order valence-corrected chi connectivity index (χ3v) is 4.77. The number of aliphatic hydroxyl groups excluding tert-OH is 1. The second kappa shape index (κ2) is 8.41. The van der Waals surface area contributed by atoms with E-state index in [1.807, 2.05) is 31.2 Å². The van der Waals surface area contributed by atoms with E-state index in [1.165, 1.54) is 0 Å². The average molecular weight is 388 g/mol. The van der Waals surface area contributed by atoms with Gasteiger partial charge in [-0.25, -0.2) is 4.79 Å². The van der Waals surface area contributed by atoms with E-state index in [0.29, 0.717) is 47.2 Å². The van der Waals surface area contributed by atoms with Gasteiger partial charge in [0.1, 0.15) is 5.75 Å². The topological polar surface area (TPSA) is 74.7 Å². The van der Waals surface area contributed by atoms with Crippen molar-refractivity contribution in [2.45, 2.75) is 20.0 Å². The van der Waals surface area contributed by atoms with Crippen LogP contribution in [0.2, 0.25) is 5.02 Å². The summed E-state index contributed by atoms with van der Waals surface area (Å²) in [5, 5.41) is 12.6. The molecule has 2 heterocycles. The van der Waals surface area contributed by atoms with E-state index in [1.54, 1.807) is 24.3 Å². The fourth-order valence-corrected chi connectivity index (χ4v) is 3.28. The van der Waals surface area contributed by atoms with Crippen LogP contribution in [0.4, 0.5) is 10.5 Å². The zero-order valence-electron chi connectivity index (χ0n) is 15.3. The Labute approximate surface area is 163 Å². The lowest BCUT2D eigenvalue weighted by molar-refractivity contribution is 0.217. The van der Waals surface area contributed by atoms with E-state index in [-0.39, 0.29) is 12.6 Å². The molecule has 1 aromatic heterocycles. The number of pyridine rings is 1. The van der Waals surface area contributed by atoms with Gasteiger partial charge in [0.15, 0.2) is 0 Å². The fraction of sp³-hybridized carbons (Fsp3) is 0.300. The Morgan fingerprint density at radius 1 is 1.41 bits per heavy atom. The van der Waals surface area contributed by atoms with Crippen LogP contribution in [0.15, 0.2) is 36.5 Å². The van der Waals surface area contributed by atoms with E-state index in [9.17, 15) is 4.79 Å². The summed E-state index contributed by atoms with van der Waals surface area (Å²) in [7, 11) is 1.58. The number of methoxy groups -OCH3 is 1. The molecule has 0 bridgehead atoms. The van der Waals surface area contributed by atoms with E-state index in [0.717, 1.165) is 11.1 Å². The molecule has 0 fully saturated rings. The summed E-state index contributed by atoms with van der Waals surface area (Å²) in [6.45, 7) is 2.90. The largest absolute Gasteiger partial charge is 0.495 e. The Morgan fingerprint density at radius 3 is 2.85 bits per heavy atom. The minimum absolute atomic E-state index is 0.0948. The third kappa shape index (κ3) is 4.40. The number of halogens is 1. The van der Waals surface area contributed by atoms with Crippen molar-refractivity contribution in [3.05, 3.63) is 58.4 Å². The lowest BCUT2D eigenvalue weighted by Gasteiger charge is -2.27. The van der Waals surface area contributed by atoms with Crippen LogP contribution in [0.25, 0.3) is 5.57 Å². The van der Waals surface area contributed by atoms with Crippen molar-refractivity contribution >= 4 is 28.9 Å². The minimum Gasteiger partial charge on any atom is -0.495 e. The zero-order chi connectivity index (χ0) is 19.4. The Kier molecular flexibility index (Phi) is 5.98. The summed E-state index contributed by atoms with van der Waals surface area (Å²) in [5.74, 6) is 0.636. The molecule has 27 heavy (non-hydrogen) atoms. The molecule has 2 N–H and O–H groups in total. The van der Waals surface area contributed by atoms with Crippen LogP contribution in [0, 0.1) is 6.92 Å². The molecule has 0 aliphatic carbocycles. The van der Waals surface area contributed by atoms with Crippen molar-refractivity contribution < 1.29 is 14.6 Å². The van der Waals surface area contributed by atoms with Gasteiger partial charge in [0.25, 0.3) is 0 Å². The highest BCUT2D eigenvalue weighted by molar-refractivity contribution is 6.32. The first kappa shape index (κ1) is 19.2. The molecule has 0 spiro atoms. The molecule has 0 radical (unpaired) electrons. The van der Waals surface area contributed by atoms with Gasteiger partial charge >= 0.3 is 6.03 Å². The van der Waals surface area contributed by atoms with Gasteiger partial charge in [-0.3, -0.25) is 4.98 Å². The molecular weight excluding hydrogens is 366 g/mol. The molecular formula is C20H22ClN3O3. The van der Waals surface area contributed by atoms with E-state index >= 15 is 0 Å². The summed E-state index contributed by atoms with van der Waals surface area (Å²) >= 11 is 6.27. The number of aromatic nitrogens is 1. The molecule has 1 aliphatic heterocycles. The van der Waals surface area contributed by atoms with Crippen LogP contribution < -0.4 is 10.1 Å². The van der Waals surface area contributed by atoms with Gasteiger partial charge in [-0.1, -0.05) is 23.7 Å². The number of benzene rings is 1. The van der Waals surface area contributed by atoms with Gasteiger partial charge < -0.3 is 20.1 Å². The molecule has 1 aliphatic rings. The Hall–Kier alpha value is -2.57. The van der Waals surface area contributed by atoms with Crippen LogP contribution in [0.5, 0.6) is 5.75 Å². The molecule has 6 nitrogen and oxygen atoms in total. The maximum atomic E-state index is 12.6. The molecule has 0 saturated heterocycles. The number of nitrogens with one attached hydrogen (secondary N) is 1. The second-order valence-electron chi connectivity index (χ2n) is 6.39. The van der Waals surface area contributed by atoms with Gasteiger partial charge in [0, 0.05) is 19.3 Å². The van der Waals surface area contributed by atoms with Crippen molar-refractivity contribution in [1.29, 1.82) is 0 Å². The number of carbonyl (C=O) groups excluding carboxylic acids is 1. The molecule has 7 heteroatoms. The maximum Gasteiger partial charge on any atom is 0.322 e. The van der Waals surface area contributed by atoms with Crippen LogP contribution >= 0.6 is 11.6 Å². The van der Waals surface area contributed by atoms with Gasteiger partial charge in [0.2, 0.25) is 0 Å². The molecule has 2 aromatic rings. The molecule has 3 rings (SSSR count). The molecule has 0 atom stereocenters. The van der Waals surface area contributed by atoms with Gasteiger partial charge in [0.05, 0.1) is 30.1 Å². The summed E-state index contributed by atoms with van der Waals surface area (Å²) in [6, 6.07) is 7.18. The Morgan fingerprint density at radius 2 is 2.22 bits per heavy atom. The number of aliphatic hydroxyl groups is 1. The summed E-state index contributed by atoms with van der Waals surface area (Å²) in [5.41, 5.74) is 4.09. The quantitative estimate of drug-likeness (QED) is 0.835. The first-order valence-electron chi connectivity index (χ1n) is 8.67. The SMILES string of the molecule is COc1cc(C)ccc1NC(=O)N1CC=C(c2ncc(CO)cc2Cl)CC1. The number of urea groups is 1. The first-order chi connectivity index (χ1) is 13.0. The van der Waals surface area contributed by atoms with Crippen molar-refractivity contribution in [1.82, 2.24) is 9.88 Å². The number of hydrogen-bond donors (Lipinski definition) is 2. The molecule has 0 unspecified atom stereocenters. The number of hydrogen-bond acceptors (Lipinski definition) is 4. The average Bonchev–Trinajstić information content (AvgIpc) is 2.69. The summed E-state index contributed by atoms with van der Waals surface area (Å²) in [6.07, 6.45) is 4.23. The van der Waals surface area contributed by atoms with Crippen molar-refractivity contribution in [3.8, 4) is 5.75 Å². The normalized spacial score (nSPS) is 13.9. The number of ether oxygens (including phenoxy) is 1. The monoisotopic (exact) mass is 387 g/mol. The van der Waals surface area contributed by atoms with Gasteiger partial charge in [-0.2, -0.15) is 0 Å². The Balaban J connectivity index is 1.68. The highest BCUT2D eigenvalue weighted by Crippen LogP contribution is 2.29. The number of carbonyl (C=O) groups is 1. The zero-order valence-corrected chi connectivity index (χ0v) is 16.1. The van der Waals surface area contributed by atoms with E-state index < -0.39 is 0 Å². The Bertz CT molecular complexity index is 883. The lowest BCUT2D eigenvalue weighted by Crippen LogP contribution is -2.38. The van der Waals surface area contributed by atoms with Crippen LogP contribution in [0.3, 0.4) is 0 Å². The van der Waals surface area contributed by atoms with Gasteiger partial charge in [-0.05, 0) is 48.2 Å². The fourth-order valence-electron chi connectivity index (χ4n) is 2.96. The van der Waals surface area contributed by atoms with E-state index in [4.69, 9.17) is 21.4 Å². The third-order valence-electron chi connectivity index (χ3n) is 4.48. The minimum atomic E-state index is -0.179. The summed E-state index contributed by atoms with van der Waals surface area (Å²) < 4.78 is 5.34. The van der Waals surface area contributed by atoms with Crippen molar-refractivity contribution in [2.75, 3.05) is 25.5 Å². The van der Waals surface area contributed by atoms with Crippen LogP contribution in [0.1, 0.15) is 23.2 Å². The number of rotatable bonds is 4. The number of aryl methyl sites for hydroxylation is 1. The maximum absolute atomic E-state index is 12.6. The van der Waals surface area contributed by atoms with Crippen molar-refractivity contribution in [3.63, 3.8) is 0 Å². The predicted octanol–water partition coefficient (Wildman–Crippen LogP) is 3.87. The smallest absolute Gasteiger partial charge is 0.322 e. The van der Waals surface area contributed by atoms with Crippen molar-refractivity contribution in [2.24, 2.45) is 0 Å². The second-order valence-corrected chi connectivity index (χ2v) is 6.80. The molecule has 0 saturated carbocycles. The van der Waals surface area contributed by atoms with Crippen LogP contribution in [-0.4, -0.2) is 41.2 Å². The predicted molar refractivity (Wildman–Crippen MR) is 106 cm³/mol.